The van der Waals surface area contributed by atoms with Gasteiger partial charge in [0.1, 0.15) is 6.54 Å². The lowest BCUT2D eigenvalue weighted by molar-refractivity contribution is -0.122. The summed E-state index contributed by atoms with van der Waals surface area (Å²) in [7, 11) is 0. The summed E-state index contributed by atoms with van der Waals surface area (Å²) in [6.45, 7) is 2.09. The predicted molar refractivity (Wildman–Crippen MR) is 98.1 cm³/mol. The van der Waals surface area contributed by atoms with Gasteiger partial charge in [-0.1, -0.05) is 18.6 Å². The summed E-state index contributed by atoms with van der Waals surface area (Å²) >= 11 is 0.385. The molecule has 4 atom stereocenters. The fraction of sp³-hybridized carbons (Fsp3) is 0.579. The van der Waals surface area contributed by atoms with Gasteiger partial charge in [0.2, 0.25) is 5.91 Å². The second kappa shape index (κ2) is 7.18. The number of hydrogen-bond acceptors (Lipinski definition) is 3. The van der Waals surface area contributed by atoms with Crippen molar-refractivity contribution in [2.24, 2.45) is 17.8 Å². The van der Waals surface area contributed by atoms with Crippen molar-refractivity contribution in [2.45, 2.75) is 56.1 Å². The SMILES string of the molecule is CC(NC(=O)Cn1c(SC(F)F)nc2ccccc21)C1CC2CCC1C2. The Morgan fingerprint density at radius 1 is 1.35 bits per heavy atom. The number of nitrogens with one attached hydrogen (secondary N) is 1. The predicted octanol–water partition coefficient (Wildman–Crippen LogP) is 4.29. The van der Waals surface area contributed by atoms with Gasteiger partial charge in [-0.05, 0) is 67.8 Å². The van der Waals surface area contributed by atoms with Gasteiger partial charge < -0.3 is 9.88 Å². The van der Waals surface area contributed by atoms with Crippen LogP contribution in [0.3, 0.4) is 0 Å². The number of rotatable bonds is 6. The second-order valence-electron chi connectivity index (χ2n) is 7.54. The number of carbonyl (C=O) groups is 1. The molecule has 1 amide bonds. The van der Waals surface area contributed by atoms with Crippen molar-refractivity contribution >= 4 is 28.7 Å². The van der Waals surface area contributed by atoms with Crippen molar-refractivity contribution in [1.29, 1.82) is 0 Å². The first-order valence-electron chi connectivity index (χ1n) is 9.20. The molecule has 2 saturated carbocycles. The molecule has 2 bridgehead atoms. The molecule has 1 N–H and O–H groups in total. The quantitative estimate of drug-likeness (QED) is 0.762. The van der Waals surface area contributed by atoms with Crippen molar-refractivity contribution in [3.8, 4) is 0 Å². The van der Waals surface area contributed by atoms with E-state index in [-0.39, 0.29) is 23.7 Å². The van der Waals surface area contributed by atoms with E-state index in [1.54, 1.807) is 10.6 Å². The first kappa shape index (κ1) is 17.8. The number of nitrogens with zero attached hydrogens (tertiary/aromatic N) is 2. The van der Waals surface area contributed by atoms with Crippen LogP contribution in [0.4, 0.5) is 8.78 Å². The van der Waals surface area contributed by atoms with Gasteiger partial charge in [-0.2, -0.15) is 8.78 Å². The van der Waals surface area contributed by atoms with E-state index in [4.69, 9.17) is 0 Å². The summed E-state index contributed by atoms with van der Waals surface area (Å²) in [5.41, 5.74) is 1.34. The lowest BCUT2D eigenvalue weighted by Crippen LogP contribution is -2.41. The normalized spacial score (nSPS) is 25.9. The topological polar surface area (TPSA) is 46.9 Å². The van der Waals surface area contributed by atoms with Gasteiger partial charge in [-0.15, -0.1) is 0 Å². The molecule has 4 nitrogen and oxygen atoms in total. The van der Waals surface area contributed by atoms with E-state index < -0.39 is 5.76 Å². The number of thioether (sulfide) groups is 1. The van der Waals surface area contributed by atoms with Crippen molar-refractivity contribution in [2.75, 3.05) is 0 Å². The zero-order chi connectivity index (χ0) is 18.3. The van der Waals surface area contributed by atoms with Crippen LogP contribution in [0.1, 0.15) is 32.6 Å². The van der Waals surface area contributed by atoms with Gasteiger partial charge in [0.05, 0.1) is 11.0 Å². The molecule has 0 radical (unpaired) electrons. The molecular weight excluding hydrogens is 356 g/mol. The number of halogens is 2. The van der Waals surface area contributed by atoms with E-state index in [9.17, 15) is 13.6 Å². The fourth-order valence-corrected chi connectivity index (χ4v) is 5.43. The van der Waals surface area contributed by atoms with Gasteiger partial charge in [0.25, 0.3) is 5.76 Å². The number of fused-ring (bicyclic) bond motifs is 3. The van der Waals surface area contributed by atoms with Gasteiger partial charge in [-0.3, -0.25) is 4.79 Å². The molecule has 2 aliphatic carbocycles. The highest BCUT2D eigenvalue weighted by Crippen LogP contribution is 2.49. The summed E-state index contributed by atoms with van der Waals surface area (Å²) in [6.07, 6.45) is 5.10. The van der Waals surface area contributed by atoms with Crippen LogP contribution in [0, 0.1) is 17.8 Å². The lowest BCUT2D eigenvalue weighted by atomic mass is 9.84. The monoisotopic (exact) mass is 379 g/mol. The number of hydrogen-bond donors (Lipinski definition) is 1. The Kier molecular flexibility index (Phi) is 4.90. The zero-order valence-electron chi connectivity index (χ0n) is 14.7. The van der Waals surface area contributed by atoms with E-state index in [2.05, 4.69) is 17.2 Å². The van der Waals surface area contributed by atoms with Crippen LogP contribution >= 0.6 is 11.8 Å². The Hall–Kier alpha value is -1.63. The van der Waals surface area contributed by atoms with Crippen LogP contribution in [0.15, 0.2) is 29.4 Å². The highest BCUT2D eigenvalue weighted by Gasteiger charge is 2.42. The first-order chi connectivity index (χ1) is 12.5. The summed E-state index contributed by atoms with van der Waals surface area (Å²) in [6, 6.07) is 7.35. The lowest BCUT2D eigenvalue weighted by Gasteiger charge is -2.28. The highest BCUT2D eigenvalue weighted by atomic mass is 32.2. The number of alkyl halides is 2. The molecule has 1 heterocycles. The molecule has 7 heteroatoms. The molecule has 2 aliphatic rings. The summed E-state index contributed by atoms with van der Waals surface area (Å²) in [5.74, 6) is -0.599. The molecule has 140 valence electrons. The molecule has 0 saturated heterocycles. The van der Waals surface area contributed by atoms with E-state index >= 15 is 0 Å². The smallest absolute Gasteiger partial charge is 0.291 e. The van der Waals surface area contributed by atoms with Gasteiger partial charge >= 0.3 is 0 Å². The average Bonchev–Trinajstić information content (AvgIpc) is 3.29. The second-order valence-corrected chi connectivity index (χ2v) is 8.50. The zero-order valence-corrected chi connectivity index (χ0v) is 15.5. The largest absolute Gasteiger partial charge is 0.352 e. The van der Waals surface area contributed by atoms with Crippen molar-refractivity contribution < 1.29 is 13.6 Å². The van der Waals surface area contributed by atoms with Crippen LogP contribution in [-0.2, 0) is 11.3 Å². The standard InChI is InChI=1S/C19H23F2N3OS/c1-11(14-9-12-6-7-13(14)8-12)22-17(25)10-24-16-5-3-2-4-15(16)23-19(24)26-18(20)21/h2-5,11-14,18H,6-10H2,1H3,(H,22,25). The number of amides is 1. The Bertz CT molecular complexity index is 809. The Balaban J connectivity index is 1.48. The van der Waals surface area contributed by atoms with Crippen LogP contribution in [0.5, 0.6) is 0 Å². The summed E-state index contributed by atoms with van der Waals surface area (Å²) in [5, 5.41) is 3.29. The number of carbonyl (C=O) groups excluding carboxylic acids is 1. The van der Waals surface area contributed by atoms with E-state index in [0.29, 0.717) is 28.7 Å². The van der Waals surface area contributed by atoms with Crippen molar-refractivity contribution in [3.05, 3.63) is 24.3 Å². The highest BCUT2D eigenvalue weighted by molar-refractivity contribution is 7.99. The maximum Gasteiger partial charge on any atom is 0.291 e. The average molecular weight is 379 g/mol. The minimum absolute atomic E-state index is 0.0146. The maximum atomic E-state index is 12.9. The third kappa shape index (κ3) is 3.46. The molecule has 1 aromatic carbocycles. The molecule has 4 rings (SSSR count). The number of aromatic nitrogens is 2. The minimum atomic E-state index is -2.57. The molecule has 0 spiro atoms. The summed E-state index contributed by atoms with van der Waals surface area (Å²) in [4.78, 5) is 16.9. The Morgan fingerprint density at radius 2 is 2.15 bits per heavy atom. The number of para-hydroxylation sites is 2. The molecule has 2 aromatic rings. The van der Waals surface area contributed by atoms with E-state index in [1.165, 1.54) is 25.7 Å². The third-order valence-corrected chi connectivity index (χ3v) is 6.64. The number of imidazole rings is 1. The van der Waals surface area contributed by atoms with Gasteiger partial charge in [0, 0.05) is 6.04 Å². The van der Waals surface area contributed by atoms with Crippen LogP contribution in [-0.4, -0.2) is 27.3 Å². The minimum Gasteiger partial charge on any atom is -0.352 e. The van der Waals surface area contributed by atoms with Crippen molar-refractivity contribution in [3.63, 3.8) is 0 Å². The molecule has 0 aliphatic heterocycles. The van der Waals surface area contributed by atoms with Crippen LogP contribution < -0.4 is 5.32 Å². The molecule has 1 aromatic heterocycles. The molecule has 26 heavy (non-hydrogen) atoms. The molecule has 4 unspecified atom stereocenters. The van der Waals surface area contributed by atoms with Crippen LogP contribution in [0.2, 0.25) is 0 Å². The van der Waals surface area contributed by atoms with Gasteiger partial charge in [0.15, 0.2) is 5.16 Å². The number of benzene rings is 1. The van der Waals surface area contributed by atoms with Crippen molar-refractivity contribution in [1.82, 2.24) is 14.9 Å². The van der Waals surface area contributed by atoms with E-state index in [1.807, 2.05) is 18.2 Å². The van der Waals surface area contributed by atoms with Gasteiger partial charge in [-0.25, -0.2) is 4.98 Å². The van der Waals surface area contributed by atoms with Crippen LogP contribution in [0.25, 0.3) is 11.0 Å². The maximum absolute atomic E-state index is 12.9. The Labute approximate surface area is 155 Å². The third-order valence-electron chi connectivity index (χ3n) is 5.94. The Morgan fingerprint density at radius 3 is 2.85 bits per heavy atom. The first-order valence-corrected chi connectivity index (χ1v) is 10.1. The van der Waals surface area contributed by atoms with E-state index in [0.717, 1.165) is 11.8 Å². The molecule has 2 fully saturated rings. The molecular formula is C19H23F2N3OS. The summed E-state index contributed by atoms with van der Waals surface area (Å²) < 4.78 is 27.3. The fourth-order valence-electron chi connectivity index (χ4n) is 4.83.